The molecule has 17 heavy (non-hydrogen) atoms. The van der Waals surface area contributed by atoms with Gasteiger partial charge in [-0.05, 0) is 12.0 Å². The van der Waals surface area contributed by atoms with Crippen molar-refractivity contribution >= 4 is 5.91 Å². The van der Waals surface area contributed by atoms with E-state index in [4.69, 9.17) is 16.0 Å². The Kier molecular flexibility index (Phi) is 3.15. The second-order valence-electron chi connectivity index (χ2n) is 3.62. The average Bonchev–Trinajstić information content (AvgIpc) is 2.79. The van der Waals surface area contributed by atoms with Crippen molar-refractivity contribution < 1.29 is 9.32 Å². The molecule has 6 nitrogen and oxygen atoms in total. The van der Waals surface area contributed by atoms with Crippen LogP contribution >= 0.6 is 0 Å². The van der Waals surface area contributed by atoms with Crippen molar-refractivity contribution in [1.82, 2.24) is 10.1 Å². The molecule has 0 aliphatic heterocycles. The average molecular weight is 232 g/mol. The number of hydrogen-bond acceptors (Lipinski definition) is 5. The summed E-state index contributed by atoms with van der Waals surface area (Å²) in [6.07, 6.45) is 0.557. The summed E-state index contributed by atoms with van der Waals surface area (Å²) in [6.45, 7) is 0. The van der Waals surface area contributed by atoms with E-state index in [0.29, 0.717) is 6.42 Å². The molecule has 0 bridgehead atoms. The van der Waals surface area contributed by atoms with Gasteiger partial charge in [0.1, 0.15) is 0 Å². The molecule has 0 saturated heterocycles. The molecule has 1 amide bonds. The molecule has 2 aromatic rings. The van der Waals surface area contributed by atoms with Crippen LogP contribution in [0.2, 0.25) is 0 Å². The van der Waals surface area contributed by atoms with Gasteiger partial charge in [-0.25, -0.2) is 0 Å². The Morgan fingerprint density at radius 3 is 2.65 bits per heavy atom. The number of amides is 1. The molecule has 0 aliphatic carbocycles. The molecule has 88 valence electrons. The molecule has 1 aromatic heterocycles. The third-order valence-electron chi connectivity index (χ3n) is 2.28. The number of carbonyl (C=O) groups excluding carboxylic acids is 1. The summed E-state index contributed by atoms with van der Waals surface area (Å²) in [7, 11) is 0. The van der Waals surface area contributed by atoms with Gasteiger partial charge in [0.15, 0.2) is 0 Å². The van der Waals surface area contributed by atoms with Crippen molar-refractivity contribution in [2.24, 2.45) is 11.5 Å². The highest BCUT2D eigenvalue weighted by Crippen LogP contribution is 2.13. The first-order chi connectivity index (χ1) is 8.16. The van der Waals surface area contributed by atoms with Gasteiger partial charge in [0, 0.05) is 0 Å². The smallest absolute Gasteiger partial charge is 0.290 e. The summed E-state index contributed by atoms with van der Waals surface area (Å²) >= 11 is 0. The lowest BCUT2D eigenvalue weighted by molar-refractivity contribution is 0.0987. The van der Waals surface area contributed by atoms with Gasteiger partial charge in [0.25, 0.3) is 11.7 Å². The van der Waals surface area contributed by atoms with Crippen LogP contribution in [-0.2, 0) is 6.42 Å². The Bertz CT molecular complexity index is 509. The molecule has 1 heterocycles. The zero-order valence-corrected chi connectivity index (χ0v) is 9.04. The predicted octanol–water partition coefficient (Wildman–Crippen LogP) is 0.411. The van der Waals surface area contributed by atoms with E-state index in [1.54, 1.807) is 0 Å². The molecule has 0 unspecified atom stereocenters. The maximum atomic E-state index is 10.8. The number of primary amides is 1. The number of carbonyl (C=O) groups is 1. The standard InChI is InChI=1S/C11H12N4O2/c12-8(6-7-4-2-1-3-5-7)11-14-10(9(13)16)15-17-11/h1-5,8H,6,12H2,(H2,13,16)/t8-/m1/s1. The first-order valence-corrected chi connectivity index (χ1v) is 5.09. The number of rotatable bonds is 4. The molecule has 4 N–H and O–H groups in total. The molecule has 0 spiro atoms. The third-order valence-corrected chi connectivity index (χ3v) is 2.28. The van der Waals surface area contributed by atoms with Crippen LogP contribution in [0.15, 0.2) is 34.9 Å². The molecular weight excluding hydrogens is 220 g/mol. The topological polar surface area (TPSA) is 108 Å². The number of aromatic nitrogens is 2. The van der Waals surface area contributed by atoms with Crippen LogP contribution in [-0.4, -0.2) is 16.0 Å². The van der Waals surface area contributed by atoms with Crippen LogP contribution < -0.4 is 11.5 Å². The van der Waals surface area contributed by atoms with Crippen molar-refractivity contribution in [3.05, 3.63) is 47.6 Å². The van der Waals surface area contributed by atoms with E-state index in [9.17, 15) is 4.79 Å². The summed E-state index contributed by atoms with van der Waals surface area (Å²) in [5.41, 5.74) is 12.0. The molecule has 1 atom stereocenters. The summed E-state index contributed by atoms with van der Waals surface area (Å²) < 4.78 is 4.87. The van der Waals surface area contributed by atoms with Gasteiger partial charge in [0.05, 0.1) is 6.04 Å². The van der Waals surface area contributed by atoms with Gasteiger partial charge < -0.3 is 16.0 Å². The first-order valence-electron chi connectivity index (χ1n) is 5.09. The predicted molar refractivity (Wildman–Crippen MR) is 59.9 cm³/mol. The van der Waals surface area contributed by atoms with Crippen molar-refractivity contribution in [2.75, 3.05) is 0 Å². The molecule has 1 aromatic carbocycles. The summed E-state index contributed by atoms with van der Waals surface area (Å²) in [4.78, 5) is 14.6. The second kappa shape index (κ2) is 4.75. The lowest BCUT2D eigenvalue weighted by Crippen LogP contribution is -2.16. The third kappa shape index (κ3) is 2.67. The maximum absolute atomic E-state index is 10.8. The molecule has 6 heteroatoms. The van der Waals surface area contributed by atoms with Crippen LogP contribution in [0.3, 0.4) is 0 Å². The minimum atomic E-state index is -0.730. The van der Waals surface area contributed by atoms with Gasteiger partial charge in [-0.1, -0.05) is 35.5 Å². The van der Waals surface area contributed by atoms with Crippen LogP contribution in [0.5, 0.6) is 0 Å². The molecule has 0 fully saturated rings. The van der Waals surface area contributed by atoms with Crippen LogP contribution in [0.4, 0.5) is 0 Å². The van der Waals surface area contributed by atoms with Crippen molar-refractivity contribution in [1.29, 1.82) is 0 Å². The van der Waals surface area contributed by atoms with Gasteiger partial charge in [-0.15, -0.1) is 0 Å². The minimum Gasteiger partial charge on any atom is -0.363 e. The molecule has 2 rings (SSSR count). The number of benzene rings is 1. The van der Waals surface area contributed by atoms with Crippen molar-refractivity contribution in [3.63, 3.8) is 0 Å². The Balaban J connectivity index is 2.09. The number of hydrogen-bond donors (Lipinski definition) is 2. The number of nitrogens with two attached hydrogens (primary N) is 2. The quantitative estimate of drug-likeness (QED) is 0.793. The number of nitrogens with zero attached hydrogens (tertiary/aromatic N) is 2. The van der Waals surface area contributed by atoms with E-state index in [2.05, 4.69) is 10.1 Å². The highest BCUT2D eigenvalue weighted by Gasteiger charge is 2.17. The first kappa shape index (κ1) is 11.3. The normalized spacial score (nSPS) is 12.3. The summed E-state index contributed by atoms with van der Waals surface area (Å²) in [6, 6.07) is 9.22. The maximum Gasteiger partial charge on any atom is 0.290 e. The van der Waals surface area contributed by atoms with E-state index in [-0.39, 0.29) is 11.7 Å². The second-order valence-corrected chi connectivity index (χ2v) is 3.62. The Hall–Kier alpha value is -2.21. The molecule has 0 radical (unpaired) electrons. The molecule has 0 aliphatic rings. The van der Waals surface area contributed by atoms with E-state index in [1.807, 2.05) is 30.3 Å². The molecule has 0 saturated carbocycles. The van der Waals surface area contributed by atoms with E-state index in [1.165, 1.54) is 0 Å². The highest BCUT2D eigenvalue weighted by molar-refractivity contribution is 5.88. The summed E-state index contributed by atoms with van der Waals surface area (Å²) in [5, 5.41) is 3.44. The van der Waals surface area contributed by atoms with Gasteiger partial charge in [-0.3, -0.25) is 4.79 Å². The van der Waals surface area contributed by atoms with E-state index < -0.39 is 11.9 Å². The van der Waals surface area contributed by atoms with Crippen molar-refractivity contribution in [2.45, 2.75) is 12.5 Å². The lowest BCUT2D eigenvalue weighted by Gasteiger charge is -2.05. The Labute approximate surface area is 97.6 Å². The van der Waals surface area contributed by atoms with Gasteiger partial charge in [-0.2, -0.15) is 4.98 Å². The summed E-state index contributed by atoms with van der Waals surface area (Å²) in [5.74, 6) is -0.668. The van der Waals surface area contributed by atoms with Crippen LogP contribution in [0, 0.1) is 0 Å². The lowest BCUT2D eigenvalue weighted by atomic mass is 10.1. The minimum absolute atomic E-state index is 0.150. The SMILES string of the molecule is NC(=O)c1noc([C@H](N)Cc2ccccc2)n1. The van der Waals surface area contributed by atoms with Gasteiger partial charge in [0.2, 0.25) is 5.89 Å². The fourth-order valence-electron chi connectivity index (χ4n) is 1.44. The fraction of sp³-hybridized carbons (Fsp3) is 0.182. The molecular formula is C11H12N4O2. The van der Waals surface area contributed by atoms with Crippen LogP contribution in [0.1, 0.15) is 28.1 Å². The zero-order chi connectivity index (χ0) is 12.3. The Morgan fingerprint density at radius 2 is 2.06 bits per heavy atom. The van der Waals surface area contributed by atoms with Crippen molar-refractivity contribution in [3.8, 4) is 0 Å². The largest absolute Gasteiger partial charge is 0.363 e. The van der Waals surface area contributed by atoms with Gasteiger partial charge >= 0.3 is 0 Å². The zero-order valence-electron chi connectivity index (χ0n) is 9.04. The highest BCUT2D eigenvalue weighted by atomic mass is 16.5. The Morgan fingerprint density at radius 1 is 1.35 bits per heavy atom. The van der Waals surface area contributed by atoms with E-state index >= 15 is 0 Å². The van der Waals surface area contributed by atoms with E-state index in [0.717, 1.165) is 5.56 Å². The monoisotopic (exact) mass is 232 g/mol. The van der Waals surface area contributed by atoms with Crippen LogP contribution in [0.25, 0.3) is 0 Å². The fourth-order valence-corrected chi connectivity index (χ4v) is 1.44.